The lowest BCUT2D eigenvalue weighted by molar-refractivity contribution is -0.130. The van der Waals surface area contributed by atoms with Crippen molar-refractivity contribution in [3.63, 3.8) is 0 Å². The Hall–Kier alpha value is -2.47. The third kappa shape index (κ3) is 4.58. The predicted octanol–water partition coefficient (Wildman–Crippen LogP) is 5.09. The second-order valence-electron chi connectivity index (χ2n) is 6.03. The van der Waals surface area contributed by atoms with Crippen molar-refractivity contribution in [3.05, 3.63) is 65.0 Å². The Morgan fingerprint density at radius 3 is 2.62 bits per heavy atom. The van der Waals surface area contributed by atoms with Crippen LogP contribution in [-0.2, 0) is 17.8 Å². The van der Waals surface area contributed by atoms with E-state index >= 15 is 0 Å². The summed E-state index contributed by atoms with van der Waals surface area (Å²) in [6.45, 7) is -2.26. The summed E-state index contributed by atoms with van der Waals surface area (Å²) in [6, 6.07) is 14.6. The molecular weight excluding hydrogens is 356 g/mol. The van der Waals surface area contributed by atoms with Crippen LogP contribution >= 0.6 is 11.3 Å². The van der Waals surface area contributed by atoms with Crippen molar-refractivity contribution < 1.29 is 18.3 Å². The molecule has 0 bridgehead atoms. The molecule has 1 aromatic heterocycles. The molecule has 0 fully saturated rings. The molecule has 0 N–H and O–H groups in total. The van der Waals surface area contributed by atoms with Crippen LogP contribution in [0.3, 0.4) is 0 Å². The molecule has 3 rings (SSSR count). The van der Waals surface area contributed by atoms with Gasteiger partial charge < -0.3 is 9.64 Å². The van der Waals surface area contributed by atoms with Gasteiger partial charge in [0.25, 0.3) is 0 Å². The Morgan fingerprint density at radius 1 is 1.15 bits per heavy atom. The van der Waals surface area contributed by atoms with Crippen molar-refractivity contribution in [2.24, 2.45) is 0 Å². The monoisotopic (exact) mass is 375 g/mol. The van der Waals surface area contributed by atoms with Crippen LogP contribution in [0.25, 0.3) is 10.1 Å². The van der Waals surface area contributed by atoms with Crippen molar-refractivity contribution in [2.75, 3.05) is 7.05 Å². The lowest BCUT2D eigenvalue weighted by atomic mass is 10.1. The van der Waals surface area contributed by atoms with Crippen LogP contribution in [0, 0.1) is 0 Å². The number of ether oxygens (including phenoxy) is 1. The van der Waals surface area contributed by atoms with Gasteiger partial charge in [-0.3, -0.25) is 4.79 Å². The predicted molar refractivity (Wildman–Crippen MR) is 99.7 cm³/mol. The number of aryl methyl sites for hydroxylation is 1. The molecule has 0 aliphatic rings. The van der Waals surface area contributed by atoms with Crippen molar-refractivity contribution in [1.82, 2.24) is 4.90 Å². The maximum atomic E-state index is 12.4. The van der Waals surface area contributed by atoms with E-state index in [1.807, 2.05) is 12.1 Å². The maximum absolute atomic E-state index is 12.4. The topological polar surface area (TPSA) is 29.5 Å². The van der Waals surface area contributed by atoms with E-state index in [0.29, 0.717) is 19.4 Å². The number of carbonyl (C=O) groups is 1. The Kier molecular flexibility index (Phi) is 5.83. The molecule has 2 aromatic carbocycles. The molecule has 26 heavy (non-hydrogen) atoms. The Balaban J connectivity index is 1.54. The summed E-state index contributed by atoms with van der Waals surface area (Å²) in [5.41, 5.74) is 2.06. The summed E-state index contributed by atoms with van der Waals surface area (Å²) in [5.74, 6) is 0.171. The first-order valence-electron chi connectivity index (χ1n) is 8.26. The maximum Gasteiger partial charge on any atom is 0.387 e. The van der Waals surface area contributed by atoms with Gasteiger partial charge in [-0.2, -0.15) is 8.78 Å². The van der Waals surface area contributed by atoms with E-state index in [1.165, 1.54) is 22.2 Å². The molecule has 0 atom stereocenters. The fraction of sp³-hybridized carbons (Fsp3) is 0.250. The summed E-state index contributed by atoms with van der Waals surface area (Å²) in [7, 11) is 1.80. The zero-order valence-electron chi connectivity index (χ0n) is 14.3. The summed E-state index contributed by atoms with van der Waals surface area (Å²) < 4.78 is 29.8. The number of halogens is 2. The third-order valence-corrected chi connectivity index (χ3v) is 5.18. The first kappa shape index (κ1) is 18.3. The fourth-order valence-electron chi connectivity index (χ4n) is 2.78. The van der Waals surface area contributed by atoms with Gasteiger partial charge in [0.1, 0.15) is 5.75 Å². The van der Waals surface area contributed by atoms with Crippen LogP contribution in [0.15, 0.2) is 53.9 Å². The van der Waals surface area contributed by atoms with Crippen LogP contribution in [0.5, 0.6) is 5.75 Å². The van der Waals surface area contributed by atoms with E-state index < -0.39 is 6.61 Å². The van der Waals surface area contributed by atoms with Crippen LogP contribution in [0.1, 0.15) is 17.5 Å². The van der Waals surface area contributed by atoms with Crippen LogP contribution in [0.4, 0.5) is 8.78 Å². The molecule has 0 saturated carbocycles. The van der Waals surface area contributed by atoms with Gasteiger partial charge in [-0.05, 0) is 46.5 Å². The number of hydrogen-bond donors (Lipinski definition) is 0. The van der Waals surface area contributed by atoms with Gasteiger partial charge in [0.2, 0.25) is 5.91 Å². The summed E-state index contributed by atoms with van der Waals surface area (Å²) in [6.07, 6.45) is 0.927. The number of benzene rings is 2. The molecule has 6 heteroatoms. The normalized spacial score (nSPS) is 11.1. The van der Waals surface area contributed by atoms with Gasteiger partial charge in [-0.1, -0.05) is 30.3 Å². The fourth-order valence-corrected chi connectivity index (χ4v) is 3.73. The molecule has 0 aliphatic carbocycles. The number of hydrogen-bond acceptors (Lipinski definition) is 3. The molecule has 0 saturated heterocycles. The Labute approximate surface area is 154 Å². The van der Waals surface area contributed by atoms with Gasteiger partial charge in [-0.25, -0.2) is 0 Å². The minimum atomic E-state index is -2.83. The van der Waals surface area contributed by atoms with E-state index in [-0.39, 0.29) is 11.7 Å². The zero-order chi connectivity index (χ0) is 18.5. The van der Waals surface area contributed by atoms with Crippen molar-refractivity contribution in [2.45, 2.75) is 26.0 Å². The lowest BCUT2D eigenvalue weighted by Gasteiger charge is -2.17. The standard InChI is InChI=1S/C20H19F2NO2S/c1-23(12-15-13-26-18-5-3-2-4-17(15)18)19(24)11-8-14-6-9-16(10-7-14)25-20(21)22/h2-7,9-10,13,20H,8,11-12H2,1H3. The van der Waals surface area contributed by atoms with E-state index in [1.54, 1.807) is 35.4 Å². The first-order chi connectivity index (χ1) is 12.5. The molecule has 136 valence electrons. The average Bonchev–Trinajstić information content (AvgIpc) is 3.03. The number of amides is 1. The number of alkyl halides is 2. The third-order valence-electron chi connectivity index (χ3n) is 4.17. The van der Waals surface area contributed by atoms with E-state index in [4.69, 9.17) is 0 Å². The Morgan fingerprint density at radius 2 is 1.88 bits per heavy atom. The van der Waals surface area contributed by atoms with Gasteiger partial charge in [0, 0.05) is 24.7 Å². The van der Waals surface area contributed by atoms with Gasteiger partial charge >= 0.3 is 6.61 Å². The molecule has 1 amide bonds. The molecule has 1 heterocycles. The van der Waals surface area contributed by atoms with Crippen LogP contribution in [0.2, 0.25) is 0 Å². The highest BCUT2D eigenvalue weighted by Gasteiger charge is 2.12. The minimum Gasteiger partial charge on any atom is -0.435 e. The molecule has 3 nitrogen and oxygen atoms in total. The number of fused-ring (bicyclic) bond motifs is 1. The molecule has 0 radical (unpaired) electrons. The molecule has 0 spiro atoms. The van der Waals surface area contributed by atoms with E-state index in [0.717, 1.165) is 11.1 Å². The summed E-state index contributed by atoms with van der Waals surface area (Å²) in [5, 5.41) is 3.28. The highest BCUT2D eigenvalue weighted by atomic mass is 32.1. The quantitative estimate of drug-likeness (QED) is 0.575. The number of carbonyl (C=O) groups excluding carboxylic acids is 1. The van der Waals surface area contributed by atoms with Crippen molar-refractivity contribution in [3.8, 4) is 5.75 Å². The molecular formula is C20H19F2NO2S. The van der Waals surface area contributed by atoms with E-state index in [2.05, 4.69) is 22.2 Å². The SMILES string of the molecule is CN(Cc1csc2ccccc12)C(=O)CCc1ccc(OC(F)F)cc1. The highest BCUT2D eigenvalue weighted by molar-refractivity contribution is 7.17. The summed E-state index contributed by atoms with van der Waals surface area (Å²) in [4.78, 5) is 14.1. The number of nitrogens with zero attached hydrogens (tertiary/aromatic N) is 1. The highest BCUT2D eigenvalue weighted by Crippen LogP contribution is 2.26. The van der Waals surface area contributed by atoms with Crippen LogP contribution in [-0.4, -0.2) is 24.5 Å². The molecule has 3 aromatic rings. The second kappa shape index (κ2) is 8.27. The minimum absolute atomic E-state index is 0.0492. The number of rotatable bonds is 7. The smallest absolute Gasteiger partial charge is 0.387 e. The zero-order valence-corrected chi connectivity index (χ0v) is 15.1. The largest absolute Gasteiger partial charge is 0.435 e. The molecule has 0 aliphatic heterocycles. The average molecular weight is 375 g/mol. The summed E-state index contributed by atoms with van der Waals surface area (Å²) >= 11 is 1.68. The Bertz CT molecular complexity index is 877. The number of thiophene rings is 1. The van der Waals surface area contributed by atoms with Gasteiger partial charge in [0.05, 0.1) is 0 Å². The van der Waals surface area contributed by atoms with Crippen molar-refractivity contribution >= 4 is 27.3 Å². The van der Waals surface area contributed by atoms with Crippen LogP contribution < -0.4 is 4.74 Å². The second-order valence-corrected chi connectivity index (χ2v) is 6.94. The van der Waals surface area contributed by atoms with Gasteiger partial charge in [-0.15, -0.1) is 11.3 Å². The molecule has 0 unspecified atom stereocenters. The first-order valence-corrected chi connectivity index (χ1v) is 9.13. The van der Waals surface area contributed by atoms with Crippen molar-refractivity contribution in [1.29, 1.82) is 0 Å². The lowest BCUT2D eigenvalue weighted by Crippen LogP contribution is -2.26. The van der Waals surface area contributed by atoms with Gasteiger partial charge in [0.15, 0.2) is 0 Å². The van der Waals surface area contributed by atoms with E-state index in [9.17, 15) is 13.6 Å².